The zero-order valence-electron chi connectivity index (χ0n) is 15.1. The molecule has 0 bridgehead atoms. The van der Waals surface area contributed by atoms with E-state index in [1.54, 1.807) is 11.8 Å². The molecule has 4 rings (SSSR count). The van der Waals surface area contributed by atoms with Crippen LogP contribution in [0.1, 0.15) is 23.6 Å². The molecule has 1 heterocycles. The number of aryl methyl sites for hydroxylation is 2. The monoisotopic (exact) mass is 359 g/mol. The topological polar surface area (TPSA) is 36.4 Å². The highest BCUT2D eigenvalue weighted by molar-refractivity contribution is 7.99. The Kier molecular flexibility index (Phi) is 4.43. The molecule has 0 atom stereocenters. The van der Waals surface area contributed by atoms with E-state index in [-0.39, 0.29) is 0 Å². The van der Waals surface area contributed by atoms with Crippen LogP contribution in [0.2, 0.25) is 0 Å². The summed E-state index contributed by atoms with van der Waals surface area (Å²) in [6.45, 7) is 6.22. The van der Waals surface area contributed by atoms with Gasteiger partial charge in [0.1, 0.15) is 0 Å². The quantitative estimate of drug-likeness (QED) is 0.331. The van der Waals surface area contributed by atoms with E-state index in [2.05, 4.69) is 90.4 Å². The maximum absolute atomic E-state index is 4.58. The number of benzene rings is 3. The van der Waals surface area contributed by atoms with Crippen molar-refractivity contribution in [3.8, 4) is 0 Å². The Morgan fingerprint density at radius 3 is 2.58 bits per heavy atom. The molecule has 130 valence electrons. The van der Waals surface area contributed by atoms with Crippen molar-refractivity contribution in [1.82, 2.24) is 0 Å². The van der Waals surface area contributed by atoms with Gasteiger partial charge in [0, 0.05) is 9.79 Å². The summed E-state index contributed by atoms with van der Waals surface area (Å²) in [6.07, 6.45) is 0. The lowest BCUT2D eigenvalue weighted by Crippen LogP contribution is -2.04. The summed E-state index contributed by atoms with van der Waals surface area (Å²) in [6, 6.07) is 21.2. The predicted octanol–water partition coefficient (Wildman–Crippen LogP) is 6.35. The summed E-state index contributed by atoms with van der Waals surface area (Å²) in [5.41, 5.74) is 11.0. The SMILES string of the molecule is C/C(=N\Nc1ccc(C)cc1C)c1ccc2c(c1)Nc1ccccc1S2. The lowest BCUT2D eigenvalue weighted by atomic mass is 10.1. The normalized spacial score (nSPS) is 12.8. The first kappa shape index (κ1) is 16.7. The van der Waals surface area contributed by atoms with E-state index in [0.717, 1.165) is 28.3 Å². The number of hydrogen-bond acceptors (Lipinski definition) is 4. The molecule has 0 spiro atoms. The minimum atomic E-state index is 0.957. The van der Waals surface area contributed by atoms with E-state index in [1.807, 2.05) is 6.92 Å². The van der Waals surface area contributed by atoms with Crippen molar-refractivity contribution in [2.24, 2.45) is 5.10 Å². The summed E-state index contributed by atoms with van der Waals surface area (Å²) in [5, 5.41) is 8.11. The van der Waals surface area contributed by atoms with Gasteiger partial charge in [-0.1, -0.05) is 47.7 Å². The van der Waals surface area contributed by atoms with Gasteiger partial charge in [-0.25, -0.2) is 0 Å². The van der Waals surface area contributed by atoms with Crippen LogP contribution in [0.5, 0.6) is 0 Å². The molecule has 1 aliphatic heterocycles. The van der Waals surface area contributed by atoms with Gasteiger partial charge in [-0.05, 0) is 62.2 Å². The third-order valence-corrected chi connectivity index (χ3v) is 5.65. The Balaban J connectivity index is 1.57. The second-order valence-corrected chi connectivity index (χ2v) is 7.65. The molecule has 3 aromatic carbocycles. The standard InChI is InChI=1S/C22H21N3S/c1-14-8-10-18(15(2)12-14)25-24-16(3)17-9-11-22-20(13-17)23-19-6-4-5-7-21(19)26-22/h4-13,23,25H,1-3H3/b24-16+. The molecule has 0 fully saturated rings. The van der Waals surface area contributed by atoms with Crippen molar-refractivity contribution in [3.05, 3.63) is 77.4 Å². The van der Waals surface area contributed by atoms with E-state index < -0.39 is 0 Å². The number of rotatable bonds is 3. The molecule has 2 N–H and O–H groups in total. The number of nitrogens with one attached hydrogen (secondary N) is 2. The fourth-order valence-corrected chi connectivity index (χ4v) is 3.98. The average Bonchev–Trinajstić information content (AvgIpc) is 2.65. The highest BCUT2D eigenvalue weighted by Crippen LogP contribution is 2.44. The van der Waals surface area contributed by atoms with Crippen molar-refractivity contribution in [2.45, 2.75) is 30.6 Å². The maximum Gasteiger partial charge on any atom is 0.0649 e. The first-order chi connectivity index (χ1) is 12.6. The molecule has 0 aromatic heterocycles. The summed E-state index contributed by atoms with van der Waals surface area (Å²) in [5.74, 6) is 0. The molecule has 0 aliphatic carbocycles. The second kappa shape index (κ2) is 6.89. The summed E-state index contributed by atoms with van der Waals surface area (Å²) in [4.78, 5) is 2.50. The number of nitrogens with zero attached hydrogens (tertiary/aromatic N) is 1. The average molecular weight is 359 g/mol. The highest BCUT2D eigenvalue weighted by atomic mass is 32.2. The molecule has 26 heavy (non-hydrogen) atoms. The molecular formula is C22H21N3S. The lowest BCUT2D eigenvalue weighted by Gasteiger charge is -2.21. The van der Waals surface area contributed by atoms with Crippen molar-refractivity contribution in [3.63, 3.8) is 0 Å². The zero-order valence-corrected chi connectivity index (χ0v) is 15.9. The Morgan fingerprint density at radius 1 is 0.923 bits per heavy atom. The van der Waals surface area contributed by atoms with Crippen LogP contribution in [-0.4, -0.2) is 5.71 Å². The van der Waals surface area contributed by atoms with Crippen LogP contribution >= 0.6 is 11.8 Å². The van der Waals surface area contributed by atoms with Gasteiger partial charge >= 0.3 is 0 Å². The Bertz CT molecular complexity index is 1010. The molecule has 0 radical (unpaired) electrons. The minimum absolute atomic E-state index is 0.957. The van der Waals surface area contributed by atoms with Crippen LogP contribution in [0, 0.1) is 13.8 Å². The van der Waals surface area contributed by atoms with Gasteiger partial charge in [0.25, 0.3) is 0 Å². The van der Waals surface area contributed by atoms with Gasteiger partial charge in [-0.15, -0.1) is 0 Å². The first-order valence-corrected chi connectivity index (χ1v) is 9.48. The molecule has 0 saturated heterocycles. The number of hydrogen-bond donors (Lipinski definition) is 2. The molecule has 0 unspecified atom stereocenters. The maximum atomic E-state index is 4.58. The van der Waals surface area contributed by atoms with Crippen molar-refractivity contribution < 1.29 is 0 Å². The largest absolute Gasteiger partial charge is 0.354 e. The number of anilines is 3. The second-order valence-electron chi connectivity index (χ2n) is 6.56. The van der Waals surface area contributed by atoms with Gasteiger partial charge in [0.15, 0.2) is 0 Å². The summed E-state index contributed by atoms with van der Waals surface area (Å²) < 4.78 is 0. The number of fused-ring (bicyclic) bond motifs is 2. The van der Waals surface area contributed by atoms with Crippen LogP contribution in [0.3, 0.4) is 0 Å². The van der Waals surface area contributed by atoms with Crippen molar-refractivity contribution in [1.29, 1.82) is 0 Å². The molecule has 4 heteroatoms. The molecule has 0 saturated carbocycles. The highest BCUT2D eigenvalue weighted by Gasteiger charge is 2.15. The lowest BCUT2D eigenvalue weighted by molar-refractivity contribution is 1.27. The van der Waals surface area contributed by atoms with Crippen LogP contribution in [0.25, 0.3) is 0 Å². The molecule has 1 aliphatic rings. The Morgan fingerprint density at radius 2 is 1.73 bits per heavy atom. The Labute approximate surface area is 158 Å². The number of hydrazone groups is 1. The van der Waals surface area contributed by atoms with Gasteiger partial charge in [0.05, 0.1) is 22.8 Å². The zero-order chi connectivity index (χ0) is 18.1. The fourth-order valence-electron chi connectivity index (χ4n) is 3.01. The smallest absolute Gasteiger partial charge is 0.0649 e. The van der Waals surface area contributed by atoms with Crippen molar-refractivity contribution >= 4 is 34.5 Å². The van der Waals surface area contributed by atoms with Gasteiger partial charge in [-0.3, -0.25) is 5.43 Å². The predicted molar refractivity (Wildman–Crippen MR) is 112 cm³/mol. The molecule has 3 aromatic rings. The van der Waals surface area contributed by atoms with Crippen molar-refractivity contribution in [2.75, 3.05) is 10.7 Å². The minimum Gasteiger partial charge on any atom is -0.354 e. The third-order valence-electron chi connectivity index (χ3n) is 4.50. The molecule has 0 amide bonds. The summed E-state index contributed by atoms with van der Waals surface area (Å²) >= 11 is 1.80. The molecule has 3 nitrogen and oxygen atoms in total. The van der Waals surface area contributed by atoms with Crippen LogP contribution in [0.4, 0.5) is 17.1 Å². The van der Waals surface area contributed by atoms with Crippen LogP contribution < -0.4 is 10.7 Å². The first-order valence-electron chi connectivity index (χ1n) is 8.66. The fraction of sp³-hybridized carbons (Fsp3) is 0.136. The molecular weight excluding hydrogens is 338 g/mol. The van der Waals surface area contributed by atoms with Crippen LogP contribution in [0.15, 0.2) is 75.6 Å². The van der Waals surface area contributed by atoms with E-state index in [0.29, 0.717) is 0 Å². The van der Waals surface area contributed by atoms with Gasteiger partial charge in [-0.2, -0.15) is 5.10 Å². The third kappa shape index (κ3) is 3.33. The van der Waals surface area contributed by atoms with Crippen LogP contribution in [-0.2, 0) is 0 Å². The van der Waals surface area contributed by atoms with Gasteiger partial charge in [0.2, 0.25) is 0 Å². The number of para-hydroxylation sites is 1. The van der Waals surface area contributed by atoms with E-state index >= 15 is 0 Å². The van der Waals surface area contributed by atoms with E-state index in [1.165, 1.54) is 20.9 Å². The Hall–Kier alpha value is -2.72. The summed E-state index contributed by atoms with van der Waals surface area (Å²) in [7, 11) is 0. The van der Waals surface area contributed by atoms with E-state index in [4.69, 9.17) is 0 Å². The van der Waals surface area contributed by atoms with Gasteiger partial charge < -0.3 is 5.32 Å². The van der Waals surface area contributed by atoms with E-state index in [9.17, 15) is 0 Å².